The van der Waals surface area contributed by atoms with Crippen LogP contribution < -0.4 is 0 Å². The molecule has 0 atom stereocenters. The lowest BCUT2D eigenvalue weighted by atomic mass is 9.86. The van der Waals surface area contributed by atoms with Crippen LogP contribution in [0.15, 0.2) is 114 Å². The van der Waals surface area contributed by atoms with Crippen LogP contribution in [-0.4, -0.2) is 15.0 Å². The fourth-order valence-corrected chi connectivity index (χ4v) is 5.15. The molecule has 0 aliphatic rings. The minimum atomic E-state index is 0.0961. The van der Waals surface area contributed by atoms with Gasteiger partial charge in [-0.1, -0.05) is 112 Å². The molecule has 7 aromatic rings. The molecule has 0 bridgehead atoms. The van der Waals surface area contributed by atoms with Gasteiger partial charge in [0.25, 0.3) is 0 Å². The summed E-state index contributed by atoms with van der Waals surface area (Å²) in [6.45, 7) is 6.72. The van der Waals surface area contributed by atoms with Crippen molar-refractivity contribution in [2.75, 3.05) is 0 Å². The quantitative estimate of drug-likeness (QED) is 0.240. The molecule has 4 heteroatoms. The Balaban J connectivity index is 1.45. The Morgan fingerprint density at radius 1 is 0.538 bits per heavy atom. The summed E-state index contributed by atoms with van der Waals surface area (Å²) in [5.41, 5.74) is 5.90. The second kappa shape index (κ2) is 8.88. The Bertz CT molecular complexity index is 2000. The third kappa shape index (κ3) is 4.15. The highest BCUT2D eigenvalue weighted by Gasteiger charge is 2.18. The van der Waals surface area contributed by atoms with Crippen molar-refractivity contribution in [3.05, 3.63) is 115 Å². The van der Waals surface area contributed by atoms with Gasteiger partial charge < -0.3 is 4.42 Å². The molecule has 0 aliphatic heterocycles. The molecular formula is C35H27N3O. The molecule has 0 saturated heterocycles. The molecular weight excluding hydrogens is 478 g/mol. The molecule has 4 nitrogen and oxygen atoms in total. The summed E-state index contributed by atoms with van der Waals surface area (Å²) >= 11 is 0. The topological polar surface area (TPSA) is 51.8 Å². The van der Waals surface area contributed by atoms with Crippen molar-refractivity contribution >= 4 is 32.7 Å². The molecule has 0 spiro atoms. The van der Waals surface area contributed by atoms with Gasteiger partial charge in [-0.05, 0) is 39.9 Å². The molecule has 39 heavy (non-hydrogen) atoms. The van der Waals surface area contributed by atoms with Gasteiger partial charge in [-0.3, -0.25) is 0 Å². The first kappa shape index (κ1) is 23.3. The molecule has 0 unspecified atom stereocenters. The van der Waals surface area contributed by atoms with E-state index in [2.05, 4.69) is 69.3 Å². The molecule has 0 N–H and O–H groups in total. The van der Waals surface area contributed by atoms with Crippen molar-refractivity contribution in [1.29, 1.82) is 0 Å². The van der Waals surface area contributed by atoms with E-state index >= 15 is 0 Å². The molecule has 5 aromatic carbocycles. The van der Waals surface area contributed by atoms with Crippen LogP contribution in [0.2, 0.25) is 0 Å². The lowest BCUT2D eigenvalue weighted by Crippen LogP contribution is -2.10. The van der Waals surface area contributed by atoms with Crippen molar-refractivity contribution in [1.82, 2.24) is 15.0 Å². The molecule has 0 fully saturated rings. The molecule has 2 aromatic heterocycles. The number of hydrogen-bond donors (Lipinski definition) is 0. The normalized spacial score (nSPS) is 12.0. The zero-order chi connectivity index (χ0) is 26.6. The van der Waals surface area contributed by atoms with E-state index in [0.29, 0.717) is 17.5 Å². The Hall–Kier alpha value is -4.83. The van der Waals surface area contributed by atoms with E-state index in [-0.39, 0.29) is 5.41 Å². The molecule has 0 radical (unpaired) electrons. The van der Waals surface area contributed by atoms with Crippen LogP contribution >= 0.6 is 0 Å². The maximum absolute atomic E-state index is 6.15. The average molecular weight is 506 g/mol. The highest BCUT2D eigenvalue weighted by atomic mass is 16.3. The van der Waals surface area contributed by atoms with Crippen LogP contribution in [0, 0.1) is 0 Å². The van der Waals surface area contributed by atoms with Crippen LogP contribution in [-0.2, 0) is 5.41 Å². The van der Waals surface area contributed by atoms with E-state index in [4.69, 9.17) is 19.4 Å². The zero-order valence-electron chi connectivity index (χ0n) is 22.1. The summed E-state index contributed by atoms with van der Waals surface area (Å²) in [5, 5.41) is 4.43. The van der Waals surface area contributed by atoms with E-state index in [0.717, 1.165) is 44.0 Å². The van der Waals surface area contributed by atoms with Crippen LogP contribution in [0.1, 0.15) is 26.3 Å². The number of nitrogens with zero attached hydrogens (tertiary/aromatic N) is 3. The fraction of sp³-hybridized carbons (Fsp3) is 0.114. The monoisotopic (exact) mass is 505 g/mol. The van der Waals surface area contributed by atoms with Gasteiger partial charge in [-0.15, -0.1) is 0 Å². The molecule has 2 heterocycles. The van der Waals surface area contributed by atoms with E-state index in [1.54, 1.807) is 0 Å². The summed E-state index contributed by atoms with van der Waals surface area (Å²) < 4.78 is 6.15. The molecule has 188 valence electrons. The smallest absolute Gasteiger partial charge is 0.164 e. The van der Waals surface area contributed by atoms with E-state index in [9.17, 15) is 0 Å². The lowest BCUT2D eigenvalue weighted by molar-refractivity contribution is 0.591. The van der Waals surface area contributed by atoms with Crippen LogP contribution in [0.5, 0.6) is 0 Å². The SMILES string of the molecule is CC(C)(C)c1ccc2cc(-c3nc(-c4ccccc4)nc(-c4cccc5oc6ccccc6c45)n3)ccc2c1. The summed E-state index contributed by atoms with van der Waals surface area (Å²) in [5.74, 6) is 1.91. The van der Waals surface area contributed by atoms with Crippen LogP contribution in [0.3, 0.4) is 0 Å². The predicted octanol–water partition coefficient (Wildman–Crippen LogP) is 9.22. The first-order valence-electron chi connectivity index (χ1n) is 13.2. The second-order valence-corrected chi connectivity index (χ2v) is 11.0. The van der Waals surface area contributed by atoms with Gasteiger partial charge in [0.15, 0.2) is 17.5 Å². The standard InChI is InChI=1S/C35H27N3O/c1-35(2,3)26-19-18-23-20-25(17-16-24(23)21-26)33-36-32(22-10-5-4-6-11-22)37-34(38-33)28-13-9-15-30-31(28)27-12-7-8-14-29(27)39-30/h4-21H,1-3H3. The number of benzene rings is 5. The summed E-state index contributed by atoms with van der Waals surface area (Å²) in [6, 6.07) is 37.3. The Labute approximate surface area is 227 Å². The van der Waals surface area contributed by atoms with E-state index in [1.807, 2.05) is 60.7 Å². The summed E-state index contributed by atoms with van der Waals surface area (Å²) in [6.07, 6.45) is 0. The van der Waals surface area contributed by atoms with Gasteiger partial charge in [-0.2, -0.15) is 0 Å². The number of rotatable bonds is 3. The predicted molar refractivity (Wildman–Crippen MR) is 160 cm³/mol. The largest absolute Gasteiger partial charge is 0.456 e. The van der Waals surface area contributed by atoms with Crippen LogP contribution in [0.25, 0.3) is 66.9 Å². The Morgan fingerprint density at radius 3 is 2.03 bits per heavy atom. The highest BCUT2D eigenvalue weighted by molar-refractivity contribution is 6.11. The van der Waals surface area contributed by atoms with E-state index < -0.39 is 0 Å². The summed E-state index contributed by atoms with van der Waals surface area (Å²) in [7, 11) is 0. The molecule has 7 rings (SSSR count). The van der Waals surface area contributed by atoms with E-state index in [1.165, 1.54) is 10.9 Å². The lowest BCUT2D eigenvalue weighted by Gasteiger charge is -2.19. The molecule has 0 amide bonds. The number of aromatic nitrogens is 3. The highest BCUT2D eigenvalue weighted by Crippen LogP contribution is 2.36. The minimum Gasteiger partial charge on any atom is -0.456 e. The van der Waals surface area contributed by atoms with Gasteiger partial charge in [-0.25, -0.2) is 15.0 Å². The van der Waals surface area contributed by atoms with Crippen molar-refractivity contribution in [2.24, 2.45) is 0 Å². The number of fused-ring (bicyclic) bond motifs is 4. The maximum atomic E-state index is 6.15. The second-order valence-electron chi connectivity index (χ2n) is 11.0. The van der Waals surface area contributed by atoms with Gasteiger partial charge in [0.1, 0.15) is 11.2 Å². The van der Waals surface area contributed by atoms with Gasteiger partial charge >= 0.3 is 0 Å². The molecule has 0 saturated carbocycles. The minimum absolute atomic E-state index is 0.0961. The molecule has 0 aliphatic carbocycles. The van der Waals surface area contributed by atoms with Crippen molar-refractivity contribution in [3.63, 3.8) is 0 Å². The Morgan fingerprint density at radius 2 is 1.21 bits per heavy atom. The number of para-hydroxylation sites is 1. The van der Waals surface area contributed by atoms with Crippen molar-refractivity contribution < 1.29 is 4.42 Å². The van der Waals surface area contributed by atoms with Gasteiger partial charge in [0.05, 0.1) is 0 Å². The van der Waals surface area contributed by atoms with Gasteiger partial charge in [0.2, 0.25) is 0 Å². The Kier molecular flexibility index (Phi) is 5.31. The first-order chi connectivity index (χ1) is 18.9. The number of hydrogen-bond acceptors (Lipinski definition) is 4. The van der Waals surface area contributed by atoms with Crippen molar-refractivity contribution in [2.45, 2.75) is 26.2 Å². The third-order valence-corrected chi connectivity index (χ3v) is 7.28. The third-order valence-electron chi connectivity index (χ3n) is 7.28. The zero-order valence-corrected chi connectivity index (χ0v) is 22.1. The summed E-state index contributed by atoms with van der Waals surface area (Å²) in [4.78, 5) is 15.0. The van der Waals surface area contributed by atoms with Gasteiger partial charge in [0, 0.05) is 27.5 Å². The fourth-order valence-electron chi connectivity index (χ4n) is 5.15. The maximum Gasteiger partial charge on any atom is 0.164 e. The first-order valence-corrected chi connectivity index (χ1v) is 13.2. The average Bonchev–Trinajstić information content (AvgIpc) is 3.35. The van der Waals surface area contributed by atoms with Crippen molar-refractivity contribution in [3.8, 4) is 34.2 Å². The number of furan rings is 1. The van der Waals surface area contributed by atoms with Crippen LogP contribution in [0.4, 0.5) is 0 Å².